The smallest absolute Gasteiger partial charge is 0.230 e. The molecule has 0 saturated heterocycles. The van der Waals surface area contributed by atoms with E-state index in [1.165, 1.54) is 6.20 Å². The highest BCUT2D eigenvalue weighted by molar-refractivity contribution is 6.31. The lowest BCUT2D eigenvalue weighted by molar-refractivity contribution is 0.453. The molecule has 0 radical (unpaired) electrons. The van der Waals surface area contributed by atoms with Gasteiger partial charge in [0.05, 0.1) is 17.2 Å². The van der Waals surface area contributed by atoms with Gasteiger partial charge >= 0.3 is 0 Å². The maximum atomic E-state index is 8.99. The molecule has 12 heavy (non-hydrogen) atoms. The molecule has 0 amide bonds. The summed E-state index contributed by atoms with van der Waals surface area (Å²) in [5.74, 6) is -0.0789. The first-order valence-electron chi connectivity index (χ1n) is 3.37. The number of aromatic hydroxyl groups is 1. The minimum Gasteiger partial charge on any atom is -0.492 e. The van der Waals surface area contributed by atoms with Crippen LogP contribution in [-0.2, 0) is 0 Å². The first-order valence-corrected chi connectivity index (χ1v) is 3.75. The minimum absolute atomic E-state index is 0.0789. The largest absolute Gasteiger partial charge is 0.492 e. The molecule has 1 aromatic carbocycles. The molecule has 0 aliphatic heterocycles. The second-order valence-electron chi connectivity index (χ2n) is 2.36. The van der Waals surface area contributed by atoms with Crippen LogP contribution in [0, 0.1) is 0 Å². The molecule has 2 aromatic rings. The molecule has 0 atom stereocenters. The molecular weight excluding hydrogens is 176 g/mol. The van der Waals surface area contributed by atoms with E-state index in [1.807, 2.05) is 0 Å². The van der Waals surface area contributed by atoms with Gasteiger partial charge in [0.2, 0.25) is 5.88 Å². The van der Waals surface area contributed by atoms with Gasteiger partial charge in [0.1, 0.15) is 0 Å². The number of rotatable bonds is 0. The van der Waals surface area contributed by atoms with Gasteiger partial charge in [-0.15, -0.1) is 0 Å². The SMILES string of the molecule is Oc1cnc2cc(Cl)ccc2n1. The summed E-state index contributed by atoms with van der Waals surface area (Å²) in [5.41, 5.74) is 1.32. The summed E-state index contributed by atoms with van der Waals surface area (Å²) in [7, 11) is 0. The van der Waals surface area contributed by atoms with Crippen molar-refractivity contribution >= 4 is 22.6 Å². The number of hydrogen-bond acceptors (Lipinski definition) is 3. The third-order valence-corrected chi connectivity index (χ3v) is 1.73. The van der Waals surface area contributed by atoms with Gasteiger partial charge in [-0.25, -0.2) is 9.97 Å². The van der Waals surface area contributed by atoms with E-state index in [2.05, 4.69) is 9.97 Å². The van der Waals surface area contributed by atoms with Crippen LogP contribution >= 0.6 is 11.6 Å². The number of halogens is 1. The summed E-state index contributed by atoms with van der Waals surface area (Å²) in [6.45, 7) is 0. The van der Waals surface area contributed by atoms with E-state index in [4.69, 9.17) is 16.7 Å². The van der Waals surface area contributed by atoms with Crippen molar-refractivity contribution < 1.29 is 5.11 Å². The summed E-state index contributed by atoms with van der Waals surface area (Å²) in [6.07, 6.45) is 1.29. The fourth-order valence-electron chi connectivity index (χ4n) is 0.974. The first kappa shape index (κ1) is 7.31. The Kier molecular flexibility index (Phi) is 1.59. The number of hydrogen-bond donors (Lipinski definition) is 1. The van der Waals surface area contributed by atoms with Crippen molar-refractivity contribution in [1.82, 2.24) is 9.97 Å². The molecule has 1 N–H and O–H groups in total. The fraction of sp³-hybridized carbons (Fsp3) is 0. The lowest BCUT2D eigenvalue weighted by atomic mass is 10.3. The van der Waals surface area contributed by atoms with Gasteiger partial charge in [-0.1, -0.05) is 11.6 Å². The van der Waals surface area contributed by atoms with Gasteiger partial charge in [0.15, 0.2) is 0 Å². The monoisotopic (exact) mass is 180 g/mol. The molecule has 2 rings (SSSR count). The molecule has 0 spiro atoms. The molecule has 0 saturated carbocycles. The summed E-state index contributed by atoms with van der Waals surface area (Å²) in [4.78, 5) is 7.80. The summed E-state index contributed by atoms with van der Waals surface area (Å²) in [5, 5.41) is 9.61. The van der Waals surface area contributed by atoms with Crippen molar-refractivity contribution in [2.24, 2.45) is 0 Å². The maximum absolute atomic E-state index is 8.99. The van der Waals surface area contributed by atoms with Gasteiger partial charge in [0, 0.05) is 5.02 Å². The third-order valence-electron chi connectivity index (χ3n) is 1.49. The van der Waals surface area contributed by atoms with Gasteiger partial charge in [0.25, 0.3) is 0 Å². The zero-order valence-electron chi connectivity index (χ0n) is 6.03. The zero-order chi connectivity index (χ0) is 8.55. The minimum atomic E-state index is -0.0789. The van der Waals surface area contributed by atoms with Crippen LogP contribution in [0.25, 0.3) is 11.0 Å². The Balaban J connectivity index is 2.79. The Labute approximate surface area is 73.6 Å². The second-order valence-corrected chi connectivity index (χ2v) is 2.80. The molecule has 0 aliphatic rings. The van der Waals surface area contributed by atoms with Crippen molar-refractivity contribution in [2.45, 2.75) is 0 Å². The van der Waals surface area contributed by atoms with E-state index in [1.54, 1.807) is 18.2 Å². The molecule has 4 heteroatoms. The maximum Gasteiger partial charge on any atom is 0.230 e. The van der Waals surface area contributed by atoms with Gasteiger partial charge in [-0.3, -0.25) is 0 Å². The Morgan fingerprint density at radius 3 is 2.92 bits per heavy atom. The second kappa shape index (κ2) is 2.60. The predicted molar refractivity (Wildman–Crippen MR) is 46.2 cm³/mol. The van der Waals surface area contributed by atoms with Crippen molar-refractivity contribution in [2.75, 3.05) is 0 Å². The number of benzene rings is 1. The Hall–Kier alpha value is -1.35. The molecule has 60 valence electrons. The standard InChI is InChI=1S/C8H5ClN2O/c9-5-1-2-6-7(3-5)10-4-8(12)11-6/h1-4H,(H,11,12). The summed E-state index contributed by atoms with van der Waals surface area (Å²) in [6, 6.07) is 5.12. The summed E-state index contributed by atoms with van der Waals surface area (Å²) < 4.78 is 0. The molecule has 0 aliphatic carbocycles. The lowest BCUT2D eigenvalue weighted by Crippen LogP contribution is -1.82. The number of nitrogens with zero attached hydrogens (tertiary/aromatic N) is 2. The third kappa shape index (κ3) is 1.19. The highest BCUT2D eigenvalue weighted by atomic mass is 35.5. The van der Waals surface area contributed by atoms with E-state index in [0.717, 1.165) is 0 Å². The normalized spacial score (nSPS) is 10.4. The van der Waals surface area contributed by atoms with E-state index in [-0.39, 0.29) is 5.88 Å². The van der Waals surface area contributed by atoms with E-state index < -0.39 is 0 Å². The molecule has 0 unspecified atom stereocenters. The van der Waals surface area contributed by atoms with Crippen LogP contribution in [0.5, 0.6) is 5.88 Å². The molecule has 0 fully saturated rings. The first-order chi connectivity index (χ1) is 5.75. The highest BCUT2D eigenvalue weighted by Gasteiger charge is 1.97. The Morgan fingerprint density at radius 2 is 2.08 bits per heavy atom. The van der Waals surface area contributed by atoms with Gasteiger partial charge in [-0.05, 0) is 18.2 Å². The molecule has 1 heterocycles. The Morgan fingerprint density at radius 1 is 1.25 bits per heavy atom. The van der Waals surface area contributed by atoms with Crippen molar-refractivity contribution in [3.05, 3.63) is 29.4 Å². The van der Waals surface area contributed by atoms with Crippen LogP contribution in [0.3, 0.4) is 0 Å². The van der Waals surface area contributed by atoms with Crippen molar-refractivity contribution in [3.8, 4) is 5.88 Å². The van der Waals surface area contributed by atoms with Crippen LogP contribution in [0.15, 0.2) is 24.4 Å². The van der Waals surface area contributed by atoms with Crippen LogP contribution in [-0.4, -0.2) is 15.1 Å². The quantitative estimate of drug-likeness (QED) is 0.675. The molecular formula is C8H5ClN2O. The number of aromatic nitrogens is 2. The van der Waals surface area contributed by atoms with E-state index in [0.29, 0.717) is 16.1 Å². The average Bonchev–Trinajstić information content (AvgIpc) is 2.05. The van der Waals surface area contributed by atoms with Gasteiger partial charge in [-0.2, -0.15) is 0 Å². The van der Waals surface area contributed by atoms with Crippen LogP contribution in [0.4, 0.5) is 0 Å². The number of fused-ring (bicyclic) bond motifs is 1. The van der Waals surface area contributed by atoms with Crippen LogP contribution in [0.1, 0.15) is 0 Å². The topological polar surface area (TPSA) is 46.0 Å². The lowest BCUT2D eigenvalue weighted by Gasteiger charge is -1.96. The van der Waals surface area contributed by atoms with Gasteiger partial charge < -0.3 is 5.11 Å². The van der Waals surface area contributed by atoms with E-state index in [9.17, 15) is 0 Å². The van der Waals surface area contributed by atoms with Crippen molar-refractivity contribution in [3.63, 3.8) is 0 Å². The predicted octanol–water partition coefficient (Wildman–Crippen LogP) is 1.99. The molecule has 3 nitrogen and oxygen atoms in total. The van der Waals surface area contributed by atoms with Crippen molar-refractivity contribution in [1.29, 1.82) is 0 Å². The summed E-state index contributed by atoms with van der Waals surface area (Å²) >= 11 is 5.73. The fourth-order valence-corrected chi connectivity index (χ4v) is 1.14. The Bertz CT molecular complexity index is 389. The molecule has 1 aromatic heterocycles. The van der Waals surface area contributed by atoms with E-state index >= 15 is 0 Å². The van der Waals surface area contributed by atoms with Crippen LogP contribution < -0.4 is 0 Å². The highest BCUT2D eigenvalue weighted by Crippen LogP contribution is 2.17. The molecule has 0 bridgehead atoms. The zero-order valence-corrected chi connectivity index (χ0v) is 6.78. The van der Waals surface area contributed by atoms with Crippen LogP contribution in [0.2, 0.25) is 5.02 Å². The average molecular weight is 181 g/mol.